The molecule has 1 amide bonds. The molecule has 0 unspecified atom stereocenters. The van der Waals surface area contributed by atoms with Crippen LogP contribution in [0.2, 0.25) is 5.02 Å². The van der Waals surface area contributed by atoms with Gasteiger partial charge < -0.3 is 14.8 Å². The number of halogens is 2. The zero-order valence-electron chi connectivity index (χ0n) is 18.5. The number of ether oxygens (including phenoxy) is 2. The molecule has 0 saturated carbocycles. The lowest BCUT2D eigenvalue weighted by atomic mass is 10.0. The zero-order valence-corrected chi connectivity index (χ0v) is 19.2. The summed E-state index contributed by atoms with van der Waals surface area (Å²) in [6, 6.07) is 18.1. The van der Waals surface area contributed by atoms with E-state index in [2.05, 4.69) is 11.9 Å². The van der Waals surface area contributed by atoms with Crippen LogP contribution in [0.4, 0.5) is 10.1 Å². The monoisotopic (exact) mass is 476 g/mol. The molecule has 0 fully saturated rings. The Morgan fingerprint density at radius 2 is 1.97 bits per heavy atom. The molecule has 5 nitrogen and oxygen atoms in total. The maximum Gasteiger partial charge on any atom is 0.266 e. The summed E-state index contributed by atoms with van der Waals surface area (Å²) < 4.78 is 25.0. The molecule has 0 heterocycles. The Morgan fingerprint density at radius 1 is 1.21 bits per heavy atom. The van der Waals surface area contributed by atoms with Crippen LogP contribution in [0, 0.1) is 17.1 Å². The summed E-state index contributed by atoms with van der Waals surface area (Å²) in [5.74, 6) is -0.00778. The molecular formula is C27H22ClFN2O3. The van der Waals surface area contributed by atoms with Gasteiger partial charge in [-0.1, -0.05) is 29.8 Å². The quantitative estimate of drug-likeness (QED) is 0.222. The van der Waals surface area contributed by atoms with Crippen molar-refractivity contribution < 1.29 is 18.7 Å². The normalized spacial score (nSPS) is 10.8. The molecular weight excluding hydrogens is 455 g/mol. The molecule has 172 valence electrons. The Morgan fingerprint density at radius 3 is 2.62 bits per heavy atom. The summed E-state index contributed by atoms with van der Waals surface area (Å²) >= 11 is 5.87. The van der Waals surface area contributed by atoms with E-state index in [1.165, 1.54) is 25.3 Å². The highest BCUT2D eigenvalue weighted by Crippen LogP contribution is 2.35. The minimum absolute atomic E-state index is 0.0880. The summed E-state index contributed by atoms with van der Waals surface area (Å²) in [7, 11) is 1.49. The number of amides is 1. The SMILES string of the molecule is C=CCc1cc(/C=C(\C#N)C(=O)Nc2ccc(Cl)cc2)cc(OC)c1OCc1cccc(F)c1. The second kappa shape index (κ2) is 11.7. The van der Waals surface area contributed by atoms with Crippen LogP contribution in [0.25, 0.3) is 6.08 Å². The second-order valence-electron chi connectivity index (χ2n) is 7.25. The Balaban J connectivity index is 1.89. The highest BCUT2D eigenvalue weighted by molar-refractivity contribution is 6.30. The number of methoxy groups -OCH3 is 1. The van der Waals surface area contributed by atoms with E-state index in [1.54, 1.807) is 54.6 Å². The van der Waals surface area contributed by atoms with E-state index in [1.807, 2.05) is 6.07 Å². The van der Waals surface area contributed by atoms with Gasteiger partial charge in [0.1, 0.15) is 24.1 Å². The van der Waals surface area contributed by atoms with Gasteiger partial charge in [0.15, 0.2) is 11.5 Å². The summed E-state index contributed by atoms with van der Waals surface area (Å²) in [6.45, 7) is 3.92. The van der Waals surface area contributed by atoms with Gasteiger partial charge in [-0.25, -0.2) is 4.39 Å². The van der Waals surface area contributed by atoms with Gasteiger partial charge in [-0.2, -0.15) is 5.26 Å². The number of hydrogen-bond acceptors (Lipinski definition) is 4. The first-order valence-electron chi connectivity index (χ1n) is 10.3. The van der Waals surface area contributed by atoms with Crippen LogP contribution in [0.1, 0.15) is 16.7 Å². The van der Waals surface area contributed by atoms with E-state index in [-0.39, 0.29) is 18.0 Å². The minimum Gasteiger partial charge on any atom is -0.493 e. The fourth-order valence-corrected chi connectivity index (χ4v) is 3.34. The lowest BCUT2D eigenvalue weighted by molar-refractivity contribution is -0.112. The zero-order chi connectivity index (χ0) is 24.5. The fourth-order valence-electron chi connectivity index (χ4n) is 3.22. The average Bonchev–Trinajstić information content (AvgIpc) is 2.83. The molecule has 7 heteroatoms. The number of hydrogen-bond donors (Lipinski definition) is 1. The van der Waals surface area contributed by atoms with Crippen LogP contribution in [-0.2, 0) is 17.8 Å². The molecule has 0 aliphatic rings. The van der Waals surface area contributed by atoms with Crippen molar-refractivity contribution in [2.45, 2.75) is 13.0 Å². The van der Waals surface area contributed by atoms with Crippen LogP contribution < -0.4 is 14.8 Å². The van der Waals surface area contributed by atoms with Gasteiger partial charge in [0.2, 0.25) is 0 Å². The van der Waals surface area contributed by atoms with E-state index < -0.39 is 5.91 Å². The van der Waals surface area contributed by atoms with Gasteiger partial charge in [-0.3, -0.25) is 4.79 Å². The summed E-state index contributed by atoms with van der Waals surface area (Å²) in [5.41, 5.74) is 2.42. The van der Waals surface area contributed by atoms with Crippen LogP contribution >= 0.6 is 11.6 Å². The number of carbonyl (C=O) groups is 1. The van der Waals surface area contributed by atoms with Crippen molar-refractivity contribution in [2.24, 2.45) is 0 Å². The van der Waals surface area contributed by atoms with E-state index in [4.69, 9.17) is 21.1 Å². The molecule has 0 spiro atoms. The fraction of sp³-hybridized carbons (Fsp3) is 0.111. The maximum absolute atomic E-state index is 13.5. The van der Waals surface area contributed by atoms with Crippen molar-refractivity contribution in [1.82, 2.24) is 0 Å². The largest absolute Gasteiger partial charge is 0.493 e. The molecule has 0 bridgehead atoms. The summed E-state index contributed by atoms with van der Waals surface area (Å²) in [4.78, 5) is 12.6. The molecule has 0 aliphatic carbocycles. The van der Waals surface area contributed by atoms with Gasteiger partial charge in [0, 0.05) is 16.3 Å². The number of carbonyl (C=O) groups excluding carboxylic acids is 1. The van der Waals surface area contributed by atoms with Crippen molar-refractivity contribution in [3.63, 3.8) is 0 Å². The van der Waals surface area contributed by atoms with E-state index in [0.29, 0.717) is 39.8 Å². The van der Waals surface area contributed by atoms with Gasteiger partial charge in [-0.05, 0) is 72.2 Å². The Kier molecular flexibility index (Phi) is 8.44. The molecule has 34 heavy (non-hydrogen) atoms. The van der Waals surface area contributed by atoms with Gasteiger partial charge >= 0.3 is 0 Å². The molecule has 0 aliphatic heterocycles. The molecule has 0 atom stereocenters. The van der Waals surface area contributed by atoms with Crippen molar-refractivity contribution >= 4 is 29.3 Å². The Hall–Kier alpha value is -4.08. The standard InChI is InChI=1S/C27H22ClFN2O3/c1-3-5-20-12-19(13-21(16-30)27(32)31-24-10-8-22(28)9-11-24)15-25(33-2)26(20)34-17-18-6-4-7-23(29)14-18/h3-4,6-15H,1,5,17H2,2H3,(H,31,32)/b21-13+. The van der Waals surface area contributed by atoms with Gasteiger partial charge in [-0.15, -0.1) is 6.58 Å². The lowest BCUT2D eigenvalue weighted by Gasteiger charge is -2.16. The van der Waals surface area contributed by atoms with E-state index in [9.17, 15) is 14.4 Å². The van der Waals surface area contributed by atoms with Crippen molar-refractivity contribution in [3.05, 3.63) is 106 Å². The van der Waals surface area contributed by atoms with Crippen molar-refractivity contribution in [1.29, 1.82) is 5.26 Å². The van der Waals surface area contributed by atoms with Crippen LogP contribution in [0.5, 0.6) is 11.5 Å². The predicted molar refractivity (Wildman–Crippen MR) is 131 cm³/mol. The molecule has 1 N–H and O–H groups in total. The molecule has 3 rings (SSSR count). The number of allylic oxidation sites excluding steroid dienone is 1. The number of anilines is 1. The number of nitrogens with one attached hydrogen (secondary N) is 1. The molecule has 3 aromatic carbocycles. The van der Waals surface area contributed by atoms with Gasteiger partial charge in [0.25, 0.3) is 5.91 Å². The van der Waals surface area contributed by atoms with E-state index in [0.717, 1.165) is 5.56 Å². The second-order valence-corrected chi connectivity index (χ2v) is 7.69. The van der Waals surface area contributed by atoms with Crippen LogP contribution in [-0.4, -0.2) is 13.0 Å². The first-order chi connectivity index (χ1) is 16.4. The Labute approximate surface area is 202 Å². The molecule has 3 aromatic rings. The number of nitriles is 1. The minimum atomic E-state index is -0.555. The third-order valence-corrected chi connectivity index (χ3v) is 5.04. The highest BCUT2D eigenvalue weighted by atomic mass is 35.5. The number of benzene rings is 3. The topological polar surface area (TPSA) is 71.4 Å². The highest BCUT2D eigenvalue weighted by Gasteiger charge is 2.15. The maximum atomic E-state index is 13.5. The molecule has 0 radical (unpaired) electrons. The third kappa shape index (κ3) is 6.47. The van der Waals surface area contributed by atoms with Crippen LogP contribution in [0.15, 0.2) is 78.9 Å². The number of rotatable bonds is 9. The predicted octanol–water partition coefficient (Wildman–Crippen LogP) is 6.34. The summed E-state index contributed by atoms with van der Waals surface area (Å²) in [5, 5.41) is 12.8. The van der Waals surface area contributed by atoms with E-state index >= 15 is 0 Å². The first-order valence-corrected chi connectivity index (χ1v) is 10.7. The average molecular weight is 477 g/mol. The summed E-state index contributed by atoms with van der Waals surface area (Å²) in [6.07, 6.45) is 3.63. The van der Waals surface area contributed by atoms with Crippen LogP contribution in [0.3, 0.4) is 0 Å². The third-order valence-electron chi connectivity index (χ3n) is 4.79. The van der Waals surface area contributed by atoms with Gasteiger partial charge in [0.05, 0.1) is 7.11 Å². The Bertz CT molecular complexity index is 1260. The van der Waals surface area contributed by atoms with Crippen molar-refractivity contribution in [2.75, 3.05) is 12.4 Å². The first kappa shape index (κ1) is 24.6. The molecule has 0 saturated heterocycles. The smallest absolute Gasteiger partial charge is 0.266 e. The lowest BCUT2D eigenvalue weighted by Crippen LogP contribution is -2.13. The molecule has 0 aromatic heterocycles. The van der Waals surface area contributed by atoms with Crippen molar-refractivity contribution in [3.8, 4) is 17.6 Å². The number of nitrogens with zero attached hydrogens (tertiary/aromatic N) is 1.